The molecule has 0 bridgehead atoms. The fourth-order valence-electron chi connectivity index (χ4n) is 3.98. The molecule has 0 unspecified atom stereocenters. The van der Waals surface area contributed by atoms with Gasteiger partial charge in [0.1, 0.15) is 19.0 Å². The Labute approximate surface area is 189 Å². The van der Waals surface area contributed by atoms with Crippen molar-refractivity contribution < 1.29 is 27.5 Å². The van der Waals surface area contributed by atoms with E-state index in [1.165, 1.54) is 5.56 Å². The van der Waals surface area contributed by atoms with Crippen LogP contribution in [0.2, 0.25) is 6.04 Å². The van der Waals surface area contributed by atoms with Crippen molar-refractivity contribution in [3.05, 3.63) is 29.8 Å². The Balaban J connectivity index is 2.30. The van der Waals surface area contributed by atoms with Crippen LogP contribution < -0.4 is 4.74 Å². The van der Waals surface area contributed by atoms with E-state index in [0.29, 0.717) is 25.5 Å². The van der Waals surface area contributed by atoms with Crippen LogP contribution in [0, 0.1) is 5.41 Å². The minimum absolute atomic E-state index is 0.101. The summed E-state index contributed by atoms with van der Waals surface area (Å²) >= 11 is 0. The number of hydrogen-bond acceptors (Lipinski definition) is 6. The summed E-state index contributed by atoms with van der Waals surface area (Å²) in [7, 11) is 2.21. The third-order valence-corrected chi connectivity index (χ3v) is 8.10. The molecule has 0 aliphatic heterocycles. The highest BCUT2D eigenvalue weighted by atomic mass is 28.4. The lowest BCUT2D eigenvalue weighted by Crippen LogP contribution is -2.42. The summed E-state index contributed by atoms with van der Waals surface area (Å²) in [6.45, 7) is 11.9. The smallest absolute Gasteiger partial charge is 0.490 e. The van der Waals surface area contributed by atoms with Crippen LogP contribution in [-0.2, 0) is 28.2 Å². The minimum Gasteiger partial charge on any atom is -0.490 e. The molecule has 31 heavy (non-hydrogen) atoms. The molecule has 0 heterocycles. The fraction of sp³-hybridized carbons (Fsp3) is 0.708. The van der Waals surface area contributed by atoms with Gasteiger partial charge in [-0.05, 0) is 47.8 Å². The summed E-state index contributed by atoms with van der Waals surface area (Å²) in [5.74, 6) is 0.564. The summed E-state index contributed by atoms with van der Waals surface area (Å²) < 4.78 is 27.1. The monoisotopic (exact) mass is 454 g/mol. The zero-order valence-corrected chi connectivity index (χ0v) is 21.7. The molecule has 0 atom stereocenters. The van der Waals surface area contributed by atoms with E-state index in [4.69, 9.17) is 22.8 Å². The van der Waals surface area contributed by atoms with Crippen LogP contribution in [0.1, 0.15) is 65.9 Å². The van der Waals surface area contributed by atoms with Crippen molar-refractivity contribution in [3.8, 4) is 5.75 Å². The van der Waals surface area contributed by atoms with Crippen LogP contribution in [0.15, 0.2) is 24.3 Å². The molecule has 0 radical (unpaired) electrons. The van der Waals surface area contributed by atoms with Crippen molar-refractivity contribution in [3.63, 3.8) is 0 Å². The van der Waals surface area contributed by atoms with E-state index in [1.54, 1.807) is 21.3 Å². The number of carbonyl (C=O) groups excluding carboxylic acids is 1. The van der Waals surface area contributed by atoms with Gasteiger partial charge >= 0.3 is 14.8 Å². The van der Waals surface area contributed by atoms with Crippen molar-refractivity contribution in [1.82, 2.24) is 0 Å². The van der Waals surface area contributed by atoms with Crippen molar-refractivity contribution >= 4 is 14.8 Å². The molecule has 1 aromatic rings. The molecule has 0 fully saturated rings. The zero-order chi connectivity index (χ0) is 23.5. The highest BCUT2D eigenvalue weighted by molar-refractivity contribution is 6.60. The van der Waals surface area contributed by atoms with Crippen LogP contribution in [0.25, 0.3) is 0 Å². The quantitative estimate of drug-likeness (QED) is 0.214. The highest BCUT2D eigenvalue weighted by Gasteiger charge is 2.36. The van der Waals surface area contributed by atoms with Gasteiger partial charge in [0.25, 0.3) is 0 Å². The van der Waals surface area contributed by atoms with E-state index < -0.39 is 8.80 Å². The Kier molecular flexibility index (Phi) is 11.2. The number of esters is 1. The van der Waals surface area contributed by atoms with Gasteiger partial charge in [0, 0.05) is 33.8 Å². The largest absolute Gasteiger partial charge is 0.500 e. The first-order chi connectivity index (χ1) is 14.5. The second-order valence-corrected chi connectivity index (χ2v) is 12.8. The number of rotatable bonds is 14. The summed E-state index contributed by atoms with van der Waals surface area (Å²) in [5.41, 5.74) is 1.67. The van der Waals surface area contributed by atoms with Crippen molar-refractivity contribution in [1.29, 1.82) is 0 Å². The Morgan fingerprint density at radius 3 is 1.97 bits per heavy atom. The van der Waals surface area contributed by atoms with Gasteiger partial charge in [-0.15, -0.1) is 0 Å². The van der Waals surface area contributed by atoms with Gasteiger partial charge in [-0.25, -0.2) is 0 Å². The number of hydrogen-bond donors (Lipinski definition) is 0. The summed E-state index contributed by atoms with van der Waals surface area (Å²) in [6, 6.07) is 8.89. The van der Waals surface area contributed by atoms with Gasteiger partial charge in [-0.3, -0.25) is 4.79 Å². The molecule has 1 rings (SSSR count). The summed E-state index contributed by atoms with van der Waals surface area (Å²) in [4.78, 5) is 11.9. The normalized spacial score (nSPS) is 12.6. The Morgan fingerprint density at radius 2 is 1.45 bits per heavy atom. The number of ether oxygens (including phenoxy) is 2. The van der Waals surface area contributed by atoms with Crippen LogP contribution in [0.5, 0.6) is 5.75 Å². The first-order valence-electron chi connectivity index (χ1n) is 11.0. The zero-order valence-electron chi connectivity index (χ0n) is 20.7. The molecular formula is C24H42O6Si. The molecule has 0 saturated carbocycles. The molecule has 0 spiro atoms. The molecular weight excluding hydrogens is 412 g/mol. The van der Waals surface area contributed by atoms with Crippen LogP contribution in [-0.4, -0.2) is 49.3 Å². The van der Waals surface area contributed by atoms with E-state index in [0.717, 1.165) is 18.6 Å². The molecule has 7 heteroatoms. The van der Waals surface area contributed by atoms with E-state index in [9.17, 15) is 4.79 Å². The Hall–Kier alpha value is -1.41. The van der Waals surface area contributed by atoms with E-state index in [-0.39, 0.29) is 23.4 Å². The standard InChI is InChI=1S/C24H42O6Si/c1-23(2,3)19-24(4,5)20-12-14-21(15-13-20)29-16-17-30-22(25)11-9-10-18-31(26-6,27-7)28-8/h12-15H,9-11,16-19H2,1-8H3. The lowest BCUT2D eigenvalue weighted by Gasteiger charge is -2.33. The minimum atomic E-state index is -2.56. The molecule has 0 N–H and O–H groups in total. The fourth-order valence-corrected chi connectivity index (χ4v) is 5.78. The van der Waals surface area contributed by atoms with Gasteiger partial charge in [0.05, 0.1) is 0 Å². The summed E-state index contributed by atoms with van der Waals surface area (Å²) in [6.07, 6.45) is 2.95. The topological polar surface area (TPSA) is 63.2 Å². The average molecular weight is 455 g/mol. The van der Waals surface area contributed by atoms with Crippen LogP contribution >= 0.6 is 0 Å². The first-order valence-corrected chi connectivity index (χ1v) is 12.9. The Bertz CT molecular complexity index is 639. The predicted octanol–water partition coefficient (Wildman–Crippen LogP) is 5.37. The average Bonchev–Trinajstić information content (AvgIpc) is 2.70. The molecule has 0 amide bonds. The first kappa shape index (κ1) is 27.6. The van der Waals surface area contributed by atoms with E-state index >= 15 is 0 Å². The number of benzene rings is 1. The third kappa shape index (κ3) is 10.2. The van der Waals surface area contributed by atoms with Crippen LogP contribution in [0.3, 0.4) is 0 Å². The van der Waals surface area contributed by atoms with E-state index in [2.05, 4.69) is 46.8 Å². The van der Waals surface area contributed by atoms with Crippen molar-refractivity contribution in [2.75, 3.05) is 34.5 Å². The molecule has 0 saturated heterocycles. The number of unbranched alkanes of at least 4 members (excludes halogenated alkanes) is 1. The maximum atomic E-state index is 11.9. The second kappa shape index (κ2) is 12.6. The summed E-state index contributed by atoms with van der Waals surface area (Å²) in [5, 5.41) is 0. The second-order valence-electron chi connectivity index (χ2n) is 9.72. The van der Waals surface area contributed by atoms with E-state index in [1.807, 2.05) is 12.1 Å². The maximum absolute atomic E-state index is 11.9. The highest BCUT2D eigenvalue weighted by Crippen LogP contribution is 2.36. The van der Waals surface area contributed by atoms with Crippen molar-refractivity contribution in [2.24, 2.45) is 5.41 Å². The van der Waals surface area contributed by atoms with Gasteiger partial charge < -0.3 is 22.8 Å². The maximum Gasteiger partial charge on any atom is 0.500 e. The third-order valence-electron chi connectivity index (χ3n) is 5.27. The molecule has 0 aliphatic rings. The lowest BCUT2D eigenvalue weighted by atomic mass is 9.72. The van der Waals surface area contributed by atoms with Gasteiger partial charge in [-0.2, -0.15) is 0 Å². The molecule has 0 aromatic heterocycles. The van der Waals surface area contributed by atoms with Gasteiger partial charge in [-0.1, -0.05) is 46.8 Å². The molecule has 6 nitrogen and oxygen atoms in total. The number of carbonyl (C=O) groups is 1. The molecule has 178 valence electrons. The van der Waals surface area contributed by atoms with Gasteiger partial charge in [0.2, 0.25) is 0 Å². The van der Waals surface area contributed by atoms with Gasteiger partial charge in [0.15, 0.2) is 0 Å². The Morgan fingerprint density at radius 1 is 0.871 bits per heavy atom. The van der Waals surface area contributed by atoms with Crippen LogP contribution in [0.4, 0.5) is 0 Å². The van der Waals surface area contributed by atoms with Crippen molar-refractivity contribution in [2.45, 2.75) is 71.8 Å². The predicted molar refractivity (Wildman–Crippen MR) is 125 cm³/mol. The molecule has 1 aromatic carbocycles. The SMILES string of the molecule is CO[Si](CCCCC(=O)OCCOc1ccc(C(C)(C)CC(C)(C)C)cc1)(OC)OC. The molecule has 0 aliphatic carbocycles. The lowest BCUT2D eigenvalue weighted by molar-refractivity contribution is -0.144.